The van der Waals surface area contributed by atoms with E-state index < -0.39 is 23.6 Å². The van der Waals surface area contributed by atoms with Gasteiger partial charge in [-0.1, -0.05) is 35.9 Å². The molecule has 2 aromatic carbocycles. The maximum Gasteiger partial charge on any atom is 0.416 e. The average Bonchev–Trinajstić information content (AvgIpc) is 2.79. The molecule has 0 unspecified atom stereocenters. The second kappa shape index (κ2) is 6.25. The lowest BCUT2D eigenvalue weighted by Gasteiger charge is -2.17. The summed E-state index contributed by atoms with van der Waals surface area (Å²) < 4.78 is 38.6. The van der Waals surface area contributed by atoms with E-state index in [0.717, 1.165) is 18.2 Å². The standard InChI is InChI=1S/C17H10ClF3N2O2/c18-13-14(22-11-6-2-1-3-7-11)16(25)23(15(13)24)12-8-4-5-10(9-12)17(19,20)21/h1-9,22H. The molecule has 0 radical (unpaired) electrons. The van der Waals surface area contributed by atoms with Gasteiger partial charge in [-0.05, 0) is 30.3 Å². The number of nitrogens with zero attached hydrogens (tertiary/aromatic N) is 1. The number of benzene rings is 2. The molecule has 0 aliphatic carbocycles. The first-order chi connectivity index (χ1) is 11.8. The number of rotatable bonds is 3. The maximum absolute atomic E-state index is 12.9. The van der Waals surface area contributed by atoms with Crippen LogP contribution in [0.25, 0.3) is 0 Å². The summed E-state index contributed by atoms with van der Waals surface area (Å²) in [6.45, 7) is 0. The highest BCUT2D eigenvalue weighted by molar-refractivity contribution is 6.53. The SMILES string of the molecule is O=C1C(Cl)=C(Nc2ccccc2)C(=O)N1c1cccc(C(F)(F)F)c1. The molecule has 0 spiro atoms. The first-order valence-corrected chi connectivity index (χ1v) is 7.45. The fourth-order valence-corrected chi connectivity index (χ4v) is 2.55. The van der Waals surface area contributed by atoms with E-state index in [0.29, 0.717) is 10.6 Å². The van der Waals surface area contributed by atoms with Gasteiger partial charge in [-0.25, -0.2) is 4.90 Å². The van der Waals surface area contributed by atoms with Crippen LogP contribution in [-0.4, -0.2) is 11.8 Å². The number of imide groups is 1. The van der Waals surface area contributed by atoms with Gasteiger partial charge in [-0.3, -0.25) is 9.59 Å². The topological polar surface area (TPSA) is 49.4 Å². The summed E-state index contributed by atoms with van der Waals surface area (Å²) in [6, 6.07) is 12.4. The Kier molecular flexibility index (Phi) is 4.26. The van der Waals surface area contributed by atoms with Crippen LogP contribution in [0.1, 0.15) is 5.56 Å². The van der Waals surface area contributed by atoms with Crippen molar-refractivity contribution in [1.82, 2.24) is 0 Å². The molecule has 2 amide bonds. The maximum atomic E-state index is 12.9. The minimum atomic E-state index is -4.59. The number of carbonyl (C=O) groups is 2. The summed E-state index contributed by atoms with van der Waals surface area (Å²) in [5.74, 6) is -1.71. The molecule has 0 bridgehead atoms. The summed E-state index contributed by atoms with van der Waals surface area (Å²) >= 11 is 5.93. The van der Waals surface area contributed by atoms with Crippen molar-refractivity contribution in [2.24, 2.45) is 0 Å². The van der Waals surface area contributed by atoms with Crippen LogP contribution in [0.3, 0.4) is 0 Å². The van der Waals surface area contributed by atoms with Gasteiger partial charge in [0.2, 0.25) is 0 Å². The summed E-state index contributed by atoms with van der Waals surface area (Å²) in [7, 11) is 0. The number of hydrogen-bond acceptors (Lipinski definition) is 3. The molecule has 0 saturated carbocycles. The van der Waals surface area contributed by atoms with Crippen molar-refractivity contribution in [1.29, 1.82) is 0 Å². The predicted octanol–water partition coefficient (Wildman–Crippen LogP) is 4.14. The number of nitrogens with one attached hydrogen (secondary N) is 1. The molecule has 1 aliphatic heterocycles. The Morgan fingerprint density at radius 2 is 1.60 bits per heavy atom. The lowest BCUT2D eigenvalue weighted by molar-refractivity contribution is -0.137. The van der Waals surface area contributed by atoms with Gasteiger partial charge in [0, 0.05) is 5.69 Å². The zero-order valence-electron chi connectivity index (χ0n) is 12.5. The van der Waals surface area contributed by atoms with Gasteiger partial charge in [0.25, 0.3) is 11.8 Å². The van der Waals surface area contributed by atoms with E-state index in [2.05, 4.69) is 5.32 Å². The molecule has 1 N–H and O–H groups in total. The van der Waals surface area contributed by atoms with Gasteiger partial charge < -0.3 is 5.32 Å². The van der Waals surface area contributed by atoms with Crippen molar-refractivity contribution in [3.05, 3.63) is 70.9 Å². The van der Waals surface area contributed by atoms with Gasteiger partial charge in [-0.2, -0.15) is 13.2 Å². The fraction of sp³-hybridized carbons (Fsp3) is 0.0588. The normalized spacial score (nSPS) is 15.1. The number of para-hydroxylation sites is 1. The molecule has 1 heterocycles. The largest absolute Gasteiger partial charge is 0.416 e. The zero-order chi connectivity index (χ0) is 18.2. The number of halogens is 4. The Bertz CT molecular complexity index is 879. The Morgan fingerprint density at radius 3 is 2.24 bits per heavy atom. The van der Waals surface area contributed by atoms with Crippen molar-refractivity contribution in [2.75, 3.05) is 10.2 Å². The van der Waals surface area contributed by atoms with E-state index in [-0.39, 0.29) is 16.4 Å². The van der Waals surface area contributed by atoms with E-state index in [1.54, 1.807) is 30.3 Å². The molecule has 0 saturated heterocycles. The molecule has 4 nitrogen and oxygen atoms in total. The lowest BCUT2D eigenvalue weighted by atomic mass is 10.2. The first kappa shape index (κ1) is 17.0. The van der Waals surface area contributed by atoms with Crippen LogP contribution in [0.5, 0.6) is 0 Å². The number of hydrogen-bond donors (Lipinski definition) is 1. The second-order valence-corrected chi connectivity index (χ2v) is 5.55. The number of alkyl halides is 3. The van der Waals surface area contributed by atoms with E-state index in [4.69, 9.17) is 11.6 Å². The summed E-state index contributed by atoms with van der Waals surface area (Å²) in [4.78, 5) is 25.4. The molecule has 1 aliphatic rings. The van der Waals surface area contributed by atoms with Crippen molar-refractivity contribution in [3.63, 3.8) is 0 Å². The number of anilines is 2. The van der Waals surface area contributed by atoms with Gasteiger partial charge in [-0.15, -0.1) is 0 Å². The van der Waals surface area contributed by atoms with Gasteiger partial charge in [0.1, 0.15) is 10.7 Å². The van der Waals surface area contributed by atoms with Crippen LogP contribution in [0.2, 0.25) is 0 Å². The Morgan fingerprint density at radius 1 is 0.920 bits per heavy atom. The molecule has 0 aromatic heterocycles. The molecule has 25 heavy (non-hydrogen) atoms. The number of carbonyl (C=O) groups excluding carboxylic acids is 2. The van der Waals surface area contributed by atoms with E-state index in [9.17, 15) is 22.8 Å². The van der Waals surface area contributed by atoms with E-state index >= 15 is 0 Å². The third-order valence-electron chi connectivity index (χ3n) is 3.50. The van der Waals surface area contributed by atoms with Crippen molar-refractivity contribution in [2.45, 2.75) is 6.18 Å². The first-order valence-electron chi connectivity index (χ1n) is 7.07. The molecule has 0 atom stereocenters. The second-order valence-electron chi connectivity index (χ2n) is 5.17. The molecule has 128 valence electrons. The van der Waals surface area contributed by atoms with Crippen LogP contribution in [0, 0.1) is 0 Å². The molecular weight excluding hydrogens is 357 g/mol. The molecule has 8 heteroatoms. The van der Waals surface area contributed by atoms with E-state index in [1.165, 1.54) is 6.07 Å². The molecule has 3 rings (SSSR count). The van der Waals surface area contributed by atoms with Crippen molar-refractivity contribution in [3.8, 4) is 0 Å². The Balaban J connectivity index is 1.94. The van der Waals surface area contributed by atoms with E-state index in [1.807, 2.05) is 0 Å². The summed E-state index contributed by atoms with van der Waals surface area (Å²) in [5, 5.41) is 2.35. The number of amides is 2. The smallest absolute Gasteiger partial charge is 0.350 e. The van der Waals surface area contributed by atoms with Gasteiger partial charge >= 0.3 is 6.18 Å². The predicted molar refractivity (Wildman–Crippen MR) is 86.9 cm³/mol. The third kappa shape index (κ3) is 3.23. The average molecular weight is 367 g/mol. The minimum Gasteiger partial charge on any atom is -0.350 e. The highest BCUT2D eigenvalue weighted by Crippen LogP contribution is 2.34. The van der Waals surface area contributed by atoms with Crippen LogP contribution in [-0.2, 0) is 15.8 Å². The third-order valence-corrected chi connectivity index (χ3v) is 3.85. The summed E-state index contributed by atoms with van der Waals surface area (Å²) in [6.07, 6.45) is -4.59. The van der Waals surface area contributed by atoms with Gasteiger partial charge in [0.15, 0.2) is 0 Å². The Hall–Kier alpha value is -2.80. The Labute approximate surface area is 145 Å². The highest BCUT2D eigenvalue weighted by atomic mass is 35.5. The van der Waals surface area contributed by atoms with Gasteiger partial charge in [0.05, 0.1) is 11.3 Å². The van der Waals surface area contributed by atoms with Crippen LogP contribution in [0.15, 0.2) is 65.3 Å². The highest BCUT2D eigenvalue weighted by Gasteiger charge is 2.40. The summed E-state index contributed by atoms with van der Waals surface area (Å²) in [5.41, 5.74) is -0.836. The molecular formula is C17H10ClF3N2O2. The quantitative estimate of drug-likeness (QED) is 0.830. The monoisotopic (exact) mass is 366 g/mol. The van der Waals surface area contributed by atoms with Crippen LogP contribution < -0.4 is 10.2 Å². The van der Waals surface area contributed by atoms with Crippen LogP contribution >= 0.6 is 11.6 Å². The minimum absolute atomic E-state index is 0.185. The van der Waals surface area contributed by atoms with Crippen molar-refractivity contribution >= 4 is 34.8 Å². The van der Waals surface area contributed by atoms with Crippen molar-refractivity contribution < 1.29 is 22.8 Å². The van der Waals surface area contributed by atoms with Crippen LogP contribution in [0.4, 0.5) is 24.5 Å². The molecule has 2 aromatic rings. The lowest BCUT2D eigenvalue weighted by Crippen LogP contribution is -2.32. The molecule has 0 fully saturated rings. The zero-order valence-corrected chi connectivity index (χ0v) is 13.2. The fourth-order valence-electron chi connectivity index (χ4n) is 2.33.